The smallest absolute Gasteiger partial charge is 0.122 e. The highest BCUT2D eigenvalue weighted by Crippen LogP contribution is 2.37. The van der Waals surface area contributed by atoms with Crippen LogP contribution in [0.5, 0.6) is 5.75 Å². The topological polar surface area (TPSA) is 9.23 Å². The van der Waals surface area contributed by atoms with E-state index in [1.54, 1.807) is 0 Å². The summed E-state index contributed by atoms with van der Waals surface area (Å²) in [5.74, 6) is 2.73. The van der Waals surface area contributed by atoms with E-state index in [0.29, 0.717) is 5.41 Å². The number of rotatable bonds is 9. The van der Waals surface area contributed by atoms with Crippen molar-refractivity contribution in [3.8, 4) is 16.9 Å². The van der Waals surface area contributed by atoms with Crippen molar-refractivity contribution in [1.82, 2.24) is 0 Å². The zero-order valence-corrected chi connectivity index (χ0v) is 20.0. The molecule has 30 heavy (non-hydrogen) atoms. The number of hydrogen-bond acceptors (Lipinski definition) is 1. The van der Waals surface area contributed by atoms with E-state index in [9.17, 15) is 0 Å². The lowest BCUT2D eigenvalue weighted by atomic mass is 9.79. The molecular weight excluding hydrogens is 364 g/mol. The maximum absolute atomic E-state index is 6.36. The molecule has 0 spiro atoms. The second-order valence-electron chi connectivity index (χ2n) is 9.60. The Labute approximate surface area is 185 Å². The summed E-state index contributed by atoms with van der Waals surface area (Å²) >= 11 is 0. The van der Waals surface area contributed by atoms with Gasteiger partial charge in [0, 0.05) is 5.41 Å². The lowest BCUT2D eigenvalue weighted by Gasteiger charge is -2.30. The lowest BCUT2D eigenvalue weighted by molar-refractivity contribution is 0.127. The normalized spacial score (nSPS) is 19.6. The summed E-state index contributed by atoms with van der Waals surface area (Å²) in [6, 6.07) is 16.1. The van der Waals surface area contributed by atoms with Crippen molar-refractivity contribution < 1.29 is 4.74 Å². The first-order valence-electron chi connectivity index (χ1n) is 12.4. The molecule has 1 fully saturated rings. The van der Waals surface area contributed by atoms with E-state index < -0.39 is 0 Å². The molecule has 0 amide bonds. The molecule has 164 valence electrons. The maximum atomic E-state index is 6.36. The molecule has 2 aromatic carbocycles. The summed E-state index contributed by atoms with van der Waals surface area (Å²) < 4.78 is 6.36. The van der Waals surface area contributed by atoms with Gasteiger partial charge in [0.25, 0.3) is 0 Å². The van der Waals surface area contributed by atoms with Crippen molar-refractivity contribution in [2.45, 2.75) is 91.9 Å². The van der Waals surface area contributed by atoms with Crippen LogP contribution in [0.25, 0.3) is 11.1 Å². The van der Waals surface area contributed by atoms with Gasteiger partial charge in [-0.15, -0.1) is 0 Å². The second-order valence-corrected chi connectivity index (χ2v) is 9.60. The van der Waals surface area contributed by atoms with E-state index in [1.165, 1.54) is 67.2 Å². The van der Waals surface area contributed by atoms with Crippen LogP contribution in [0, 0.1) is 11.3 Å². The average molecular weight is 407 g/mol. The van der Waals surface area contributed by atoms with Crippen molar-refractivity contribution in [2.75, 3.05) is 6.61 Å². The van der Waals surface area contributed by atoms with E-state index in [4.69, 9.17) is 4.74 Å². The predicted octanol–water partition coefficient (Wildman–Crippen LogP) is 8.80. The highest BCUT2D eigenvalue weighted by molar-refractivity contribution is 5.66. The fraction of sp³-hybridized carbons (Fsp3) is 0.586. The van der Waals surface area contributed by atoms with Crippen LogP contribution in [-0.4, -0.2) is 6.61 Å². The molecule has 1 saturated carbocycles. The van der Waals surface area contributed by atoms with E-state index >= 15 is 0 Å². The third kappa shape index (κ3) is 5.29. The minimum absolute atomic E-state index is 0.302. The van der Waals surface area contributed by atoms with Gasteiger partial charge in [0.05, 0.1) is 6.61 Å². The standard InChI is InChI=1S/C29H42O/c1-6-23-20-27(18-19-28(23)30-21-29(7-2,8-3)9-4)26-16-14-25(15-17-26)24-12-10-22(5)11-13-24/h14-20,22,24H,6-13,21H2,1-5H3. The summed E-state index contributed by atoms with van der Waals surface area (Å²) in [6.45, 7) is 12.3. The molecule has 0 radical (unpaired) electrons. The summed E-state index contributed by atoms with van der Waals surface area (Å²) in [4.78, 5) is 0. The van der Waals surface area contributed by atoms with Gasteiger partial charge in [-0.1, -0.05) is 77.8 Å². The number of hydrogen-bond donors (Lipinski definition) is 0. The molecule has 0 bridgehead atoms. The molecule has 2 aromatic rings. The third-order valence-corrected chi connectivity index (χ3v) is 7.96. The summed E-state index contributed by atoms with van der Waals surface area (Å²) in [6.07, 6.45) is 9.97. The van der Waals surface area contributed by atoms with Crippen LogP contribution in [0.3, 0.4) is 0 Å². The third-order valence-electron chi connectivity index (χ3n) is 7.96. The minimum Gasteiger partial charge on any atom is -0.493 e. The molecule has 0 N–H and O–H groups in total. The van der Waals surface area contributed by atoms with Gasteiger partial charge in [0.15, 0.2) is 0 Å². The minimum atomic E-state index is 0.302. The van der Waals surface area contributed by atoms with Gasteiger partial charge in [-0.3, -0.25) is 0 Å². The molecule has 3 rings (SSSR count). The molecular formula is C29H42O. The van der Waals surface area contributed by atoms with Crippen LogP contribution in [0.2, 0.25) is 0 Å². The van der Waals surface area contributed by atoms with Crippen LogP contribution in [0.1, 0.15) is 96.6 Å². The SMILES string of the molecule is CCc1cc(-c2ccc(C3CCC(C)CC3)cc2)ccc1OCC(CC)(CC)CC. The monoisotopic (exact) mass is 406 g/mol. The Bertz CT molecular complexity index is 768. The van der Waals surface area contributed by atoms with Crippen LogP contribution in [0.4, 0.5) is 0 Å². The fourth-order valence-electron chi connectivity index (χ4n) is 5.00. The Hall–Kier alpha value is -1.76. The van der Waals surface area contributed by atoms with E-state index in [2.05, 4.69) is 77.1 Å². The zero-order valence-electron chi connectivity index (χ0n) is 20.0. The predicted molar refractivity (Wildman–Crippen MR) is 130 cm³/mol. The first kappa shape index (κ1) is 22.9. The Morgan fingerprint density at radius 1 is 0.800 bits per heavy atom. The van der Waals surface area contributed by atoms with Crippen LogP contribution in [-0.2, 0) is 6.42 Å². The Morgan fingerprint density at radius 2 is 1.40 bits per heavy atom. The number of ether oxygens (including phenoxy) is 1. The van der Waals surface area contributed by atoms with Crippen molar-refractivity contribution in [2.24, 2.45) is 11.3 Å². The molecule has 0 saturated heterocycles. The van der Waals surface area contributed by atoms with Gasteiger partial charge in [0.1, 0.15) is 5.75 Å². The Morgan fingerprint density at radius 3 is 1.97 bits per heavy atom. The molecule has 0 atom stereocenters. The van der Waals surface area contributed by atoms with E-state index in [0.717, 1.165) is 30.6 Å². The molecule has 1 aliphatic rings. The van der Waals surface area contributed by atoms with Crippen molar-refractivity contribution >= 4 is 0 Å². The van der Waals surface area contributed by atoms with E-state index in [-0.39, 0.29) is 0 Å². The van der Waals surface area contributed by atoms with Gasteiger partial charge in [-0.25, -0.2) is 0 Å². The Kier molecular flexibility index (Phi) is 8.03. The molecule has 1 aliphatic carbocycles. The molecule has 0 unspecified atom stereocenters. The second kappa shape index (κ2) is 10.5. The molecule has 0 aliphatic heterocycles. The first-order chi connectivity index (χ1) is 14.5. The summed E-state index contributed by atoms with van der Waals surface area (Å²) in [5, 5.41) is 0. The number of benzene rings is 2. The van der Waals surface area contributed by atoms with Gasteiger partial charge in [-0.2, -0.15) is 0 Å². The number of aryl methyl sites for hydroxylation is 1. The van der Waals surface area contributed by atoms with Crippen LogP contribution >= 0.6 is 0 Å². The lowest BCUT2D eigenvalue weighted by Crippen LogP contribution is -2.26. The average Bonchev–Trinajstić information content (AvgIpc) is 2.81. The molecule has 1 nitrogen and oxygen atoms in total. The van der Waals surface area contributed by atoms with Crippen molar-refractivity contribution in [1.29, 1.82) is 0 Å². The maximum Gasteiger partial charge on any atom is 0.122 e. The quantitative estimate of drug-likeness (QED) is 0.404. The Balaban J connectivity index is 1.72. The van der Waals surface area contributed by atoms with Gasteiger partial charge in [-0.05, 0) is 84.7 Å². The fourth-order valence-corrected chi connectivity index (χ4v) is 5.00. The van der Waals surface area contributed by atoms with Gasteiger partial charge < -0.3 is 4.74 Å². The van der Waals surface area contributed by atoms with Gasteiger partial charge in [0.2, 0.25) is 0 Å². The molecule has 1 heteroatoms. The highest BCUT2D eigenvalue weighted by atomic mass is 16.5. The summed E-state index contributed by atoms with van der Waals surface area (Å²) in [7, 11) is 0. The highest BCUT2D eigenvalue weighted by Gasteiger charge is 2.25. The molecule has 0 aromatic heterocycles. The summed E-state index contributed by atoms with van der Waals surface area (Å²) in [5.41, 5.74) is 5.76. The zero-order chi connectivity index (χ0) is 21.6. The van der Waals surface area contributed by atoms with Crippen LogP contribution in [0.15, 0.2) is 42.5 Å². The van der Waals surface area contributed by atoms with Crippen molar-refractivity contribution in [3.05, 3.63) is 53.6 Å². The van der Waals surface area contributed by atoms with Crippen LogP contribution < -0.4 is 4.74 Å². The van der Waals surface area contributed by atoms with E-state index in [1.807, 2.05) is 0 Å². The van der Waals surface area contributed by atoms with Crippen molar-refractivity contribution in [3.63, 3.8) is 0 Å². The molecule has 0 heterocycles. The largest absolute Gasteiger partial charge is 0.493 e. The van der Waals surface area contributed by atoms with Gasteiger partial charge >= 0.3 is 0 Å². The first-order valence-corrected chi connectivity index (χ1v) is 12.4.